The minimum absolute atomic E-state index is 0.00300. The summed E-state index contributed by atoms with van der Waals surface area (Å²) in [5.41, 5.74) is 1.79. The van der Waals surface area contributed by atoms with Gasteiger partial charge in [0.25, 0.3) is 5.91 Å². The topological polar surface area (TPSA) is 75.0 Å². The zero-order valence-corrected chi connectivity index (χ0v) is 16.6. The van der Waals surface area contributed by atoms with Crippen LogP contribution in [-0.4, -0.2) is 18.0 Å². The number of halogens is 1. The molecule has 3 rings (SSSR count). The molecule has 0 aliphatic carbocycles. The molecule has 0 saturated carbocycles. The van der Waals surface area contributed by atoms with E-state index >= 15 is 0 Å². The summed E-state index contributed by atoms with van der Waals surface area (Å²) >= 11 is 7.37. The van der Waals surface area contributed by atoms with Crippen LogP contribution in [0.2, 0.25) is 5.02 Å². The van der Waals surface area contributed by atoms with Gasteiger partial charge in [0.05, 0.1) is 7.11 Å². The molecule has 1 heterocycles. The summed E-state index contributed by atoms with van der Waals surface area (Å²) in [4.78, 5) is 17.6. The third-order valence-corrected chi connectivity index (χ3v) is 4.98. The van der Waals surface area contributed by atoms with Crippen molar-refractivity contribution in [2.45, 2.75) is 6.42 Å². The lowest BCUT2D eigenvalue weighted by atomic mass is 10.1. The number of hydrogen-bond acceptors (Lipinski definition) is 5. The summed E-state index contributed by atoms with van der Waals surface area (Å²) in [6, 6.07) is 16.6. The molecule has 0 fully saturated rings. The van der Waals surface area contributed by atoms with Gasteiger partial charge in [0.2, 0.25) is 0 Å². The second-order valence-corrected chi connectivity index (χ2v) is 7.39. The molecule has 0 unspecified atom stereocenters. The Morgan fingerprint density at radius 2 is 2.11 bits per heavy atom. The number of benzene rings is 2. The molecule has 2 aromatic carbocycles. The highest BCUT2D eigenvalue weighted by atomic mass is 35.5. The van der Waals surface area contributed by atoms with Crippen LogP contribution in [0.25, 0.3) is 6.08 Å². The lowest BCUT2D eigenvalue weighted by molar-refractivity contribution is -0.112. The summed E-state index contributed by atoms with van der Waals surface area (Å²) < 4.78 is 5.10. The van der Waals surface area contributed by atoms with E-state index in [-0.39, 0.29) is 5.57 Å². The quantitative estimate of drug-likeness (QED) is 0.462. The fourth-order valence-electron chi connectivity index (χ4n) is 2.47. The predicted molar refractivity (Wildman–Crippen MR) is 112 cm³/mol. The van der Waals surface area contributed by atoms with Crippen molar-refractivity contribution >= 4 is 40.1 Å². The number of carbonyl (C=O) groups excluding carboxylic acids is 1. The van der Waals surface area contributed by atoms with Crippen LogP contribution in [0, 0.1) is 11.3 Å². The van der Waals surface area contributed by atoms with Gasteiger partial charge in [-0.05, 0) is 41.5 Å². The van der Waals surface area contributed by atoms with Gasteiger partial charge in [0, 0.05) is 22.5 Å². The maximum Gasteiger partial charge on any atom is 0.268 e. The fourth-order valence-corrected chi connectivity index (χ4v) is 3.53. The molecule has 1 amide bonds. The van der Waals surface area contributed by atoms with Crippen molar-refractivity contribution in [1.82, 2.24) is 4.98 Å². The van der Waals surface area contributed by atoms with Crippen LogP contribution >= 0.6 is 22.9 Å². The number of aromatic nitrogens is 1. The first-order valence-corrected chi connectivity index (χ1v) is 9.53. The highest BCUT2D eigenvalue weighted by molar-refractivity contribution is 7.15. The van der Waals surface area contributed by atoms with Crippen LogP contribution < -0.4 is 10.1 Å². The molecule has 140 valence electrons. The fraction of sp³-hybridized carbons (Fsp3) is 0.0952. The van der Waals surface area contributed by atoms with E-state index in [0.717, 1.165) is 16.0 Å². The van der Waals surface area contributed by atoms with E-state index in [1.165, 1.54) is 17.4 Å². The molecule has 0 aliphatic rings. The molecule has 7 heteroatoms. The Labute approximate surface area is 171 Å². The average molecular weight is 410 g/mol. The van der Waals surface area contributed by atoms with Gasteiger partial charge in [-0.15, -0.1) is 11.3 Å². The van der Waals surface area contributed by atoms with Gasteiger partial charge in [0.1, 0.15) is 17.4 Å². The number of nitriles is 1. The number of anilines is 1. The molecule has 1 N–H and O–H groups in total. The minimum atomic E-state index is -0.498. The van der Waals surface area contributed by atoms with Gasteiger partial charge < -0.3 is 4.74 Å². The Morgan fingerprint density at radius 3 is 2.79 bits per heavy atom. The first kappa shape index (κ1) is 19.6. The van der Waals surface area contributed by atoms with E-state index in [1.807, 2.05) is 30.3 Å². The number of ether oxygens (including phenoxy) is 1. The molecular weight excluding hydrogens is 394 g/mol. The first-order chi connectivity index (χ1) is 13.6. The van der Waals surface area contributed by atoms with Crippen molar-refractivity contribution in [2.24, 2.45) is 0 Å². The van der Waals surface area contributed by atoms with Gasteiger partial charge in [-0.1, -0.05) is 35.9 Å². The standard InChI is InChI=1S/C21H16ClN3O2S/c1-27-18-7-5-14(6-8-18)9-16(12-23)20(26)25-21-24-13-19(28-21)11-15-3-2-4-17(22)10-15/h2-10,13H,11H2,1H3,(H,24,25,26)/b16-9-. The lowest BCUT2D eigenvalue weighted by Crippen LogP contribution is -2.13. The number of carbonyl (C=O) groups is 1. The van der Waals surface area contributed by atoms with Gasteiger partial charge in [-0.3, -0.25) is 10.1 Å². The van der Waals surface area contributed by atoms with E-state index in [4.69, 9.17) is 16.3 Å². The van der Waals surface area contributed by atoms with E-state index in [2.05, 4.69) is 10.3 Å². The molecule has 5 nitrogen and oxygen atoms in total. The first-order valence-electron chi connectivity index (χ1n) is 8.34. The molecule has 0 atom stereocenters. The lowest BCUT2D eigenvalue weighted by Gasteiger charge is -2.02. The summed E-state index contributed by atoms with van der Waals surface area (Å²) in [6.45, 7) is 0. The molecule has 0 bridgehead atoms. The van der Waals surface area contributed by atoms with E-state index in [0.29, 0.717) is 22.3 Å². The number of hydrogen-bond donors (Lipinski definition) is 1. The Hall–Kier alpha value is -3.14. The minimum Gasteiger partial charge on any atom is -0.497 e. The van der Waals surface area contributed by atoms with Crippen LogP contribution in [-0.2, 0) is 11.2 Å². The summed E-state index contributed by atoms with van der Waals surface area (Å²) in [5.74, 6) is 0.206. The normalized spacial score (nSPS) is 11.0. The number of nitrogens with one attached hydrogen (secondary N) is 1. The second kappa shape index (κ2) is 9.18. The Bertz CT molecular complexity index is 1050. The van der Waals surface area contributed by atoms with Crippen molar-refractivity contribution in [3.05, 3.63) is 81.3 Å². The van der Waals surface area contributed by atoms with Gasteiger partial charge in [-0.25, -0.2) is 4.98 Å². The van der Waals surface area contributed by atoms with Crippen molar-refractivity contribution < 1.29 is 9.53 Å². The van der Waals surface area contributed by atoms with Crippen LogP contribution in [0.15, 0.2) is 60.3 Å². The molecular formula is C21H16ClN3O2S. The molecule has 0 spiro atoms. The number of amides is 1. The predicted octanol–water partition coefficient (Wildman–Crippen LogP) is 4.94. The van der Waals surface area contributed by atoms with E-state index in [1.54, 1.807) is 37.6 Å². The number of thiazole rings is 1. The smallest absolute Gasteiger partial charge is 0.268 e. The van der Waals surface area contributed by atoms with Gasteiger partial charge in [-0.2, -0.15) is 5.26 Å². The zero-order valence-electron chi connectivity index (χ0n) is 15.0. The van der Waals surface area contributed by atoms with Crippen LogP contribution in [0.4, 0.5) is 5.13 Å². The van der Waals surface area contributed by atoms with Gasteiger partial charge in [0.15, 0.2) is 5.13 Å². The molecule has 0 radical (unpaired) electrons. The van der Waals surface area contributed by atoms with Crippen LogP contribution in [0.3, 0.4) is 0 Å². The maximum absolute atomic E-state index is 12.4. The van der Waals surface area contributed by atoms with Crippen LogP contribution in [0.1, 0.15) is 16.0 Å². The Balaban J connectivity index is 1.68. The number of rotatable bonds is 6. The zero-order chi connectivity index (χ0) is 19.9. The molecule has 28 heavy (non-hydrogen) atoms. The number of nitrogens with zero attached hydrogens (tertiary/aromatic N) is 2. The maximum atomic E-state index is 12.4. The average Bonchev–Trinajstić information content (AvgIpc) is 3.13. The third kappa shape index (κ3) is 5.19. The van der Waals surface area contributed by atoms with Gasteiger partial charge >= 0.3 is 0 Å². The number of methoxy groups -OCH3 is 1. The Morgan fingerprint density at radius 1 is 1.32 bits per heavy atom. The van der Waals surface area contributed by atoms with Crippen molar-refractivity contribution in [2.75, 3.05) is 12.4 Å². The monoisotopic (exact) mass is 409 g/mol. The highest BCUT2D eigenvalue weighted by Gasteiger charge is 2.12. The van der Waals surface area contributed by atoms with Crippen molar-refractivity contribution in [1.29, 1.82) is 5.26 Å². The van der Waals surface area contributed by atoms with Crippen molar-refractivity contribution in [3.63, 3.8) is 0 Å². The van der Waals surface area contributed by atoms with E-state index in [9.17, 15) is 10.1 Å². The van der Waals surface area contributed by atoms with Crippen LogP contribution in [0.5, 0.6) is 5.75 Å². The van der Waals surface area contributed by atoms with E-state index < -0.39 is 5.91 Å². The highest BCUT2D eigenvalue weighted by Crippen LogP contribution is 2.23. The molecule has 1 aromatic heterocycles. The summed E-state index contributed by atoms with van der Waals surface area (Å²) in [6.07, 6.45) is 3.90. The summed E-state index contributed by atoms with van der Waals surface area (Å²) in [7, 11) is 1.58. The molecule has 0 saturated heterocycles. The van der Waals surface area contributed by atoms with Crippen molar-refractivity contribution in [3.8, 4) is 11.8 Å². The third-order valence-electron chi connectivity index (χ3n) is 3.83. The largest absolute Gasteiger partial charge is 0.497 e. The molecule has 3 aromatic rings. The SMILES string of the molecule is COc1ccc(/C=C(/C#N)C(=O)Nc2ncc(Cc3cccc(Cl)c3)s2)cc1. The summed E-state index contributed by atoms with van der Waals surface area (Å²) in [5, 5.41) is 13.1. The second-order valence-electron chi connectivity index (χ2n) is 5.84. The Kier molecular flexibility index (Phi) is 6.43. The molecule has 0 aliphatic heterocycles.